The number of benzene rings is 1. The van der Waals surface area contributed by atoms with E-state index in [2.05, 4.69) is 10.3 Å². The standard InChI is InChI=1S/C17H18N2O2/c1-11(2)21-15-7-14(9-18-10-15)17(20)13-4-3-12-5-6-19-16(12)8-13/h3-4,7-11,19H,5-6H2,1-2H3. The van der Waals surface area contributed by atoms with Gasteiger partial charge in [-0.15, -0.1) is 0 Å². The van der Waals surface area contributed by atoms with E-state index in [1.54, 1.807) is 18.5 Å². The Labute approximate surface area is 124 Å². The summed E-state index contributed by atoms with van der Waals surface area (Å²) in [6.45, 7) is 4.83. The third-order valence-electron chi connectivity index (χ3n) is 3.43. The molecule has 0 unspecified atom stereocenters. The zero-order valence-corrected chi connectivity index (χ0v) is 12.2. The van der Waals surface area contributed by atoms with Crippen LogP contribution in [0, 0.1) is 0 Å². The van der Waals surface area contributed by atoms with Crippen LogP contribution in [0.15, 0.2) is 36.7 Å². The normalized spacial score (nSPS) is 12.9. The smallest absolute Gasteiger partial charge is 0.194 e. The Bertz CT molecular complexity index is 680. The van der Waals surface area contributed by atoms with Gasteiger partial charge in [-0.3, -0.25) is 9.78 Å². The molecule has 0 saturated carbocycles. The van der Waals surface area contributed by atoms with E-state index in [-0.39, 0.29) is 11.9 Å². The number of ketones is 1. The van der Waals surface area contributed by atoms with Gasteiger partial charge in [0.05, 0.1) is 12.3 Å². The van der Waals surface area contributed by atoms with Crippen molar-refractivity contribution in [2.45, 2.75) is 26.4 Å². The first-order chi connectivity index (χ1) is 10.1. The highest BCUT2D eigenvalue weighted by molar-refractivity contribution is 6.09. The summed E-state index contributed by atoms with van der Waals surface area (Å²) < 4.78 is 5.59. The molecular formula is C17H18N2O2. The number of ether oxygens (including phenoxy) is 1. The summed E-state index contributed by atoms with van der Waals surface area (Å²) in [5, 5.41) is 3.29. The summed E-state index contributed by atoms with van der Waals surface area (Å²) in [6.07, 6.45) is 4.28. The number of fused-ring (bicyclic) bond motifs is 1. The number of hydrogen-bond donors (Lipinski definition) is 1. The van der Waals surface area contributed by atoms with E-state index >= 15 is 0 Å². The molecule has 3 rings (SSSR count). The molecule has 1 aromatic heterocycles. The molecule has 0 saturated heterocycles. The minimum absolute atomic E-state index is 0.0341. The van der Waals surface area contributed by atoms with Crippen LogP contribution < -0.4 is 10.1 Å². The molecule has 0 radical (unpaired) electrons. The molecule has 21 heavy (non-hydrogen) atoms. The molecule has 0 aliphatic carbocycles. The van der Waals surface area contributed by atoms with Crippen LogP contribution in [-0.4, -0.2) is 23.4 Å². The fourth-order valence-electron chi connectivity index (χ4n) is 2.48. The van der Waals surface area contributed by atoms with Crippen molar-refractivity contribution in [3.63, 3.8) is 0 Å². The minimum Gasteiger partial charge on any atom is -0.489 e. The Morgan fingerprint density at radius 3 is 2.90 bits per heavy atom. The lowest BCUT2D eigenvalue weighted by Gasteiger charge is -2.10. The van der Waals surface area contributed by atoms with Crippen LogP contribution in [0.1, 0.15) is 35.3 Å². The average Bonchev–Trinajstić information content (AvgIpc) is 2.93. The van der Waals surface area contributed by atoms with Crippen molar-refractivity contribution in [1.82, 2.24) is 4.98 Å². The van der Waals surface area contributed by atoms with Gasteiger partial charge in [-0.25, -0.2) is 0 Å². The van der Waals surface area contributed by atoms with Gasteiger partial charge in [0.25, 0.3) is 0 Å². The van der Waals surface area contributed by atoms with E-state index in [0.717, 1.165) is 18.7 Å². The fraction of sp³-hybridized carbons (Fsp3) is 0.294. The number of carbonyl (C=O) groups excluding carboxylic acids is 1. The molecule has 108 valence electrons. The third-order valence-corrected chi connectivity index (χ3v) is 3.43. The topological polar surface area (TPSA) is 51.2 Å². The maximum atomic E-state index is 12.6. The molecule has 1 aliphatic rings. The lowest BCUT2D eigenvalue weighted by atomic mass is 10.0. The zero-order chi connectivity index (χ0) is 14.8. The molecule has 1 N–H and O–H groups in total. The highest BCUT2D eigenvalue weighted by atomic mass is 16.5. The first kappa shape index (κ1) is 13.6. The van der Waals surface area contributed by atoms with E-state index in [9.17, 15) is 4.79 Å². The monoisotopic (exact) mass is 282 g/mol. The van der Waals surface area contributed by atoms with Crippen molar-refractivity contribution < 1.29 is 9.53 Å². The number of nitrogens with one attached hydrogen (secondary N) is 1. The summed E-state index contributed by atoms with van der Waals surface area (Å²) >= 11 is 0. The first-order valence-corrected chi connectivity index (χ1v) is 7.16. The predicted molar refractivity (Wildman–Crippen MR) is 82.1 cm³/mol. The van der Waals surface area contributed by atoms with Crippen molar-refractivity contribution in [3.05, 3.63) is 53.3 Å². The van der Waals surface area contributed by atoms with Gasteiger partial charge in [-0.2, -0.15) is 0 Å². The highest BCUT2D eigenvalue weighted by Gasteiger charge is 2.15. The van der Waals surface area contributed by atoms with Gasteiger partial charge in [-0.05, 0) is 38.0 Å². The Kier molecular flexibility index (Phi) is 3.60. The fourth-order valence-corrected chi connectivity index (χ4v) is 2.48. The number of rotatable bonds is 4. The molecule has 0 spiro atoms. The molecule has 0 bridgehead atoms. The van der Waals surface area contributed by atoms with Gasteiger partial charge in [-0.1, -0.05) is 12.1 Å². The van der Waals surface area contributed by atoms with E-state index in [4.69, 9.17) is 4.74 Å². The second kappa shape index (κ2) is 5.56. The molecule has 1 aromatic carbocycles. The molecule has 0 fully saturated rings. The molecule has 0 atom stereocenters. The van der Waals surface area contributed by atoms with Crippen LogP contribution >= 0.6 is 0 Å². The first-order valence-electron chi connectivity index (χ1n) is 7.16. The van der Waals surface area contributed by atoms with Crippen LogP contribution in [0.4, 0.5) is 5.69 Å². The minimum atomic E-state index is -0.0341. The van der Waals surface area contributed by atoms with Crippen LogP contribution in [0.3, 0.4) is 0 Å². The van der Waals surface area contributed by atoms with E-state index < -0.39 is 0 Å². The number of carbonyl (C=O) groups is 1. The number of anilines is 1. The van der Waals surface area contributed by atoms with Gasteiger partial charge < -0.3 is 10.1 Å². The molecule has 4 nitrogen and oxygen atoms in total. The summed E-state index contributed by atoms with van der Waals surface area (Å²) in [5.74, 6) is 0.586. The number of hydrogen-bond acceptors (Lipinski definition) is 4. The van der Waals surface area contributed by atoms with Gasteiger partial charge in [0.2, 0.25) is 0 Å². The second-order valence-corrected chi connectivity index (χ2v) is 5.45. The maximum absolute atomic E-state index is 12.6. The largest absolute Gasteiger partial charge is 0.489 e. The van der Waals surface area contributed by atoms with Crippen LogP contribution in [0.25, 0.3) is 0 Å². The molecule has 1 aliphatic heterocycles. The van der Waals surface area contributed by atoms with Crippen LogP contribution in [-0.2, 0) is 6.42 Å². The molecule has 0 amide bonds. The number of aromatic nitrogens is 1. The summed E-state index contributed by atoms with van der Waals surface area (Å²) in [4.78, 5) is 16.7. The SMILES string of the molecule is CC(C)Oc1cncc(C(=O)c2ccc3c(c2)NCC3)c1. The summed E-state index contributed by atoms with van der Waals surface area (Å²) in [7, 11) is 0. The van der Waals surface area contributed by atoms with E-state index in [1.165, 1.54) is 5.56 Å². The second-order valence-electron chi connectivity index (χ2n) is 5.45. The third kappa shape index (κ3) is 2.89. The van der Waals surface area contributed by atoms with Crippen molar-refractivity contribution >= 4 is 11.5 Å². The number of nitrogens with zero attached hydrogens (tertiary/aromatic N) is 1. The summed E-state index contributed by atoms with van der Waals surface area (Å²) in [6, 6.07) is 7.56. The quantitative estimate of drug-likeness (QED) is 0.876. The lowest BCUT2D eigenvalue weighted by Crippen LogP contribution is -2.08. The van der Waals surface area contributed by atoms with Crippen molar-refractivity contribution in [3.8, 4) is 5.75 Å². The van der Waals surface area contributed by atoms with Crippen molar-refractivity contribution in [1.29, 1.82) is 0 Å². The van der Waals surface area contributed by atoms with Crippen molar-refractivity contribution in [2.75, 3.05) is 11.9 Å². The molecule has 4 heteroatoms. The molecule has 2 heterocycles. The Hall–Kier alpha value is -2.36. The maximum Gasteiger partial charge on any atom is 0.194 e. The Morgan fingerprint density at radius 1 is 1.24 bits per heavy atom. The van der Waals surface area contributed by atoms with E-state index in [1.807, 2.05) is 32.0 Å². The van der Waals surface area contributed by atoms with E-state index in [0.29, 0.717) is 16.9 Å². The lowest BCUT2D eigenvalue weighted by molar-refractivity contribution is 0.103. The van der Waals surface area contributed by atoms with Gasteiger partial charge in [0, 0.05) is 29.6 Å². The Balaban J connectivity index is 1.88. The highest BCUT2D eigenvalue weighted by Crippen LogP contribution is 2.25. The van der Waals surface area contributed by atoms with Gasteiger partial charge in [0.1, 0.15) is 5.75 Å². The van der Waals surface area contributed by atoms with Crippen LogP contribution in [0.5, 0.6) is 5.75 Å². The average molecular weight is 282 g/mol. The van der Waals surface area contributed by atoms with Crippen LogP contribution in [0.2, 0.25) is 0 Å². The van der Waals surface area contributed by atoms with Gasteiger partial charge >= 0.3 is 0 Å². The number of pyridine rings is 1. The summed E-state index contributed by atoms with van der Waals surface area (Å²) in [5.41, 5.74) is 3.54. The molecular weight excluding hydrogens is 264 g/mol. The predicted octanol–water partition coefficient (Wildman–Crippen LogP) is 3.07. The zero-order valence-electron chi connectivity index (χ0n) is 12.2. The molecule has 2 aromatic rings. The Morgan fingerprint density at radius 2 is 2.10 bits per heavy atom. The van der Waals surface area contributed by atoms with Gasteiger partial charge in [0.15, 0.2) is 5.78 Å². The van der Waals surface area contributed by atoms with Crippen molar-refractivity contribution in [2.24, 2.45) is 0 Å².